The zero-order valence-electron chi connectivity index (χ0n) is 18.2. The fourth-order valence-electron chi connectivity index (χ4n) is 4.65. The Labute approximate surface area is 195 Å². The monoisotopic (exact) mass is 428 g/mol. The van der Waals surface area contributed by atoms with E-state index in [4.69, 9.17) is 3.79 Å². The molecule has 32 heavy (non-hydrogen) atoms. The second-order valence-corrected chi connectivity index (χ2v) is 10.1. The molecule has 0 N–H and O–H groups in total. The van der Waals surface area contributed by atoms with Gasteiger partial charge in [-0.05, 0) is 40.3 Å². The molecule has 4 aromatic carbocycles. The van der Waals surface area contributed by atoms with Gasteiger partial charge >= 0.3 is 14.5 Å². The van der Waals surface area contributed by atoms with Crippen LogP contribution >= 0.6 is 0 Å². The van der Waals surface area contributed by atoms with Crippen molar-refractivity contribution < 1.29 is 3.79 Å². The quantitative estimate of drug-likeness (QED) is 0.292. The van der Waals surface area contributed by atoms with Crippen LogP contribution in [0.1, 0.15) is 29.2 Å². The molecule has 0 fully saturated rings. The van der Waals surface area contributed by atoms with Crippen LogP contribution in [0.5, 0.6) is 0 Å². The van der Waals surface area contributed by atoms with Crippen LogP contribution in [0.4, 0.5) is 0 Å². The third-order valence-electron chi connectivity index (χ3n) is 5.94. The largest absolute Gasteiger partial charge is 0.546 e. The molecule has 154 valence electrons. The number of benzene rings is 4. The van der Waals surface area contributed by atoms with Crippen LogP contribution in [0.25, 0.3) is 20.0 Å². The standard InChI is InChI=1S/C28H20.C2H5O.Al/c1-5-13-23(14-6-1)21-27(25-17-9-3-10-18-25)28(26-19-11-4-12-20-26)22-24-15-7-2-8-16-24;1-2-3;/h1-20H;2H2,1H3;/q;-1;+1. The maximum atomic E-state index is 6.66. The summed E-state index contributed by atoms with van der Waals surface area (Å²) in [6.45, 7) is 2.81. The van der Waals surface area contributed by atoms with Gasteiger partial charge in [0.05, 0.1) is 0 Å². The molecule has 0 atom stereocenters. The summed E-state index contributed by atoms with van der Waals surface area (Å²) in [7, 11) is 0. The molecule has 0 aliphatic carbocycles. The van der Waals surface area contributed by atoms with Crippen molar-refractivity contribution in [1.29, 1.82) is 0 Å². The minimum Gasteiger partial charge on any atom is -0.494 e. The molecule has 1 aliphatic rings. The third kappa shape index (κ3) is 3.90. The normalized spacial score (nSPS) is 13.7. The van der Waals surface area contributed by atoms with E-state index in [1.807, 2.05) is 0 Å². The third-order valence-corrected chi connectivity index (χ3v) is 8.90. The van der Waals surface area contributed by atoms with Gasteiger partial charge in [0, 0.05) is 6.61 Å². The van der Waals surface area contributed by atoms with Crippen LogP contribution < -0.4 is 0 Å². The maximum absolute atomic E-state index is 6.66. The van der Waals surface area contributed by atoms with E-state index in [1.165, 1.54) is 42.3 Å². The van der Waals surface area contributed by atoms with Crippen molar-refractivity contribution in [3.8, 4) is 0 Å². The van der Waals surface area contributed by atoms with E-state index in [0.717, 1.165) is 0 Å². The molecule has 0 amide bonds. The Hall–Kier alpha value is -3.15. The van der Waals surface area contributed by atoms with Crippen LogP contribution in [0.2, 0.25) is 0 Å². The van der Waals surface area contributed by atoms with Crippen molar-refractivity contribution in [3.63, 3.8) is 0 Å². The first kappa shape index (κ1) is 20.7. The van der Waals surface area contributed by atoms with Crippen molar-refractivity contribution in [2.24, 2.45) is 0 Å². The SMILES string of the molecule is CC[O][Al]1[C](c2ccccc2)=C(c2ccccc2)C(c2ccccc2)=[C]1c1ccccc1. The fraction of sp³-hybridized carbons (Fsp3) is 0.0667. The molecule has 5 rings (SSSR count). The number of allylic oxidation sites excluding steroid dienone is 2. The Morgan fingerprint density at radius 3 is 1.09 bits per heavy atom. The average molecular weight is 429 g/mol. The van der Waals surface area contributed by atoms with E-state index in [9.17, 15) is 0 Å². The van der Waals surface area contributed by atoms with Crippen molar-refractivity contribution in [2.75, 3.05) is 6.61 Å². The van der Waals surface area contributed by atoms with E-state index in [2.05, 4.69) is 128 Å². The molecule has 0 unspecified atom stereocenters. The van der Waals surface area contributed by atoms with Gasteiger partial charge in [0.15, 0.2) is 0 Å². The Bertz CT molecular complexity index is 1140. The van der Waals surface area contributed by atoms with E-state index in [0.29, 0.717) is 6.61 Å². The minimum atomic E-state index is -1.96. The van der Waals surface area contributed by atoms with Gasteiger partial charge < -0.3 is 3.79 Å². The first-order valence-corrected chi connectivity index (χ1v) is 12.8. The van der Waals surface area contributed by atoms with Crippen molar-refractivity contribution in [3.05, 3.63) is 144 Å². The van der Waals surface area contributed by atoms with Gasteiger partial charge in [-0.1, -0.05) is 130 Å². The Balaban J connectivity index is 1.89. The summed E-state index contributed by atoms with van der Waals surface area (Å²) in [6, 6.07) is 43.2. The minimum absolute atomic E-state index is 0.702. The van der Waals surface area contributed by atoms with Crippen LogP contribution in [-0.4, -0.2) is 21.1 Å². The van der Waals surface area contributed by atoms with Gasteiger partial charge in [-0.15, -0.1) is 0 Å². The number of hydrogen-bond acceptors (Lipinski definition) is 1. The highest BCUT2D eigenvalue weighted by Gasteiger charge is 2.43. The van der Waals surface area contributed by atoms with Gasteiger partial charge in [-0.25, -0.2) is 0 Å². The average Bonchev–Trinajstić information content (AvgIpc) is 3.21. The summed E-state index contributed by atoms with van der Waals surface area (Å²) < 4.78 is 9.41. The first-order chi connectivity index (χ1) is 15.9. The summed E-state index contributed by atoms with van der Waals surface area (Å²) in [5.74, 6) is 0. The molecule has 0 saturated heterocycles. The van der Waals surface area contributed by atoms with Crippen LogP contribution in [0, 0.1) is 0 Å². The molecular formula is C30H25AlO. The molecular weight excluding hydrogens is 403 g/mol. The Kier molecular flexibility index (Phi) is 6.19. The molecule has 2 heteroatoms. The highest BCUT2D eigenvalue weighted by atomic mass is 27.2. The van der Waals surface area contributed by atoms with Crippen LogP contribution in [0.3, 0.4) is 0 Å². The first-order valence-electron chi connectivity index (χ1n) is 11.2. The molecule has 0 radical (unpaired) electrons. The van der Waals surface area contributed by atoms with Gasteiger partial charge in [-0.2, -0.15) is 0 Å². The molecule has 1 aliphatic heterocycles. The predicted molar refractivity (Wildman–Crippen MR) is 137 cm³/mol. The van der Waals surface area contributed by atoms with Gasteiger partial charge in [0.25, 0.3) is 0 Å². The second kappa shape index (κ2) is 9.55. The zero-order chi connectivity index (χ0) is 21.8. The number of rotatable bonds is 6. The Morgan fingerprint density at radius 1 is 0.469 bits per heavy atom. The van der Waals surface area contributed by atoms with Gasteiger partial charge in [0.2, 0.25) is 0 Å². The molecule has 0 saturated carbocycles. The molecule has 4 aromatic rings. The van der Waals surface area contributed by atoms with Crippen molar-refractivity contribution >= 4 is 34.5 Å². The molecule has 0 aromatic heterocycles. The smallest absolute Gasteiger partial charge is 0.494 e. The summed E-state index contributed by atoms with van der Waals surface area (Å²) >= 11 is -1.96. The van der Waals surface area contributed by atoms with Gasteiger partial charge in [0.1, 0.15) is 0 Å². The van der Waals surface area contributed by atoms with E-state index >= 15 is 0 Å². The summed E-state index contributed by atoms with van der Waals surface area (Å²) in [4.78, 5) is 0. The summed E-state index contributed by atoms with van der Waals surface area (Å²) in [5.41, 5.74) is 7.63. The molecule has 1 nitrogen and oxygen atoms in total. The highest BCUT2D eigenvalue weighted by molar-refractivity contribution is 6.96. The van der Waals surface area contributed by atoms with E-state index < -0.39 is 14.5 Å². The highest BCUT2D eigenvalue weighted by Crippen LogP contribution is 2.51. The lowest BCUT2D eigenvalue weighted by atomic mass is 9.89. The predicted octanol–water partition coefficient (Wildman–Crippen LogP) is 7.33. The lowest BCUT2D eigenvalue weighted by Gasteiger charge is -2.16. The molecule has 1 heterocycles. The summed E-state index contributed by atoms with van der Waals surface area (Å²) in [5, 5.41) is 0. The molecule has 0 bridgehead atoms. The van der Waals surface area contributed by atoms with E-state index in [-0.39, 0.29) is 0 Å². The fourth-order valence-corrected chi connectivity index (χ4v) is 7.74. The Morgan fingerprint density at radius 2 is 0.781 bits per heavy atom. The van der Waals surface area contributed by atoms with Gasteiger partial charge in [-0.3, -0.25) is 0 Å². The summed E-state index contributed by atoms with van der Waals surface area (Å²) in [6.07, 6.45) is 0. The lowest BCUT2D eigenvalue weighted by Crippen LogP contribution is -2.21. The van der Waals surface area contributed by atoms with Crippen molar-refractivity contribution in [2.45, 2.75) is 6.92 Å². The zero-order valence-corrected chi connectivity index (χ0v) is 19.4. The van der Waals surface area contributed by atoms with Crippen LogP contribution in [-0.2, 0) is 3.79 Å². The number of hydrogen-bond donors (Lipinski definition) is 0. The van der Waals surface area contributed by atoms with Crippen LogP contribution in [0.15, 0.2) is 121 Å². The molecule has 0 spiro atoms. The topological polar surface area (TPSA) is 9.23 Å². The lowest BCUT2D eigenvalue weighted by molar-refractivity contribution is 0.359. The van der Waals surface area contributed by atoms with E-state index in [1.54, 1.807) is 0 Å². The second-order valence-electron chi connectivity index (χ2n) is 7.88. The maximum Gasteiger partial charge on any atom is 0.546 e. The van der Waals surface area contributed by atoms with Crippen molar-refractivity contribution in [1.82, 2.24) is 0 Å².